The highest BCUT2D eigenvalue weighted by atomic mass is 16.5. The number of hydrogen-bond donors (Lipinski definition) is 2. The number of rotatable bonds is 7. The van der Waals surface area contributed by atoms with Gasteiger partial charge in [-0.2, -0.15) is 0 Å². The van der Waals surface area contributed by atoms with Crippen LogP contribution in [0.25, 0.3) is 0 Å². The minimum atomic E-state index is 0.768. The van der Waals surface area contributed by atoms with E-state index in [1.54, 1.807) is 0 Å². The molecule has 2 N–H and O–H groups in total. The Morgan fingerprint density at radius 1 is 1.00 bits per heavy atom. The van der Waals surface area contributed by atoms with Crippen molar-refractivity contribution >= 4 is 5.69 Å². The summed E-state index contributed by atoms with van der Waals surface area (Å²) in [6.45, 7) is 7.87. The molecule has 2 aromatic carbocycles. The van der Waals surface area contributed by atoms with E-state index in [1.807, 2.05) is 30.3 Å². The van der Waals surface area contributed by atoms with Crippen molar-refractivity contribution in [1.29, 1.82) is 0 Å². The minimum Gasteiger partial charge on any atom is -0.493 e. The Hall–Kier alpha value is -2.00. The minimum absolute atomic E-state index is 0.768. The average molecular weight is 284 g/mol. The first-order valence-corrected chi connectivity index (χ1v) is 7.47. The Kier molecular flexibility index (Phi) is 5.64. The molecule has 0 spiro atoms. The van der Waals surface area contributed by atoms with E-state index in [2.05, 4.69) is 43.8 Å². The van der Waals surface area contributed by atoms with Gasteiger partial charge in [-0.05, 0) is 49.1 Å². The van der Waals surface area contributed by atoms with Crippen molar-refractivity contribution in [2.75, 3.05) is 12.0 Å². The number of aryl methyl sites for hydroxylation is 2. The van der Waals surface area contributed by atoms with Gasteiger partial charge in [0.2, 0.25) is 0 Å². The third-order valence-electron chi connectivity index (χ3n) is 3.27. The van der Waals surface area contributed by atoms with Crippen molar-refractivity contribution < 1.29 is 4.74 Å². The second-order valence-corrected chi connectivity index (χ2v) is 5.25. The summed E-state index contributed by atoms with van der Waals surface area (Å²) in [6, 6.07) is 14.5. The molecular formula is C18H24N2O. The van der Waals surface area contributed by atoms with Crippen molar-refractivity contribution in [3.8, 4) is 5.75 Å². The Morgan fingerprint density at radius 2 is 1.67 bits per heavy atom. The van der Waals surface area contributed by atoms with Crippen LogP contribution in [0.1, 0.15) is 30.0 Å². The maximum atomic E-state index is 5.81. The summed E-state index contributed by atoms with van der Waals surface area (Å²) in [7, 11) is 0. The quantitative estimate of drug-likeness (QED) is 0.747. The Labute approximate surface area is 127 Å². The number of ether oxygens (including phenoxy) is 1. The molecule has 0 atom stereocenters. The van der Waals surface area contributed by atoms with Crippen LogP contribution < -0.4 is 15.6 Å². The van der Waals surface area contributed by atoms with Crippen molar-refractivity contribution in [3.05, 3.63) is 59.2 Å². The lowest BCUT2D eigenvalue weighted by molar-refractivity contribution is 0.313. The molecule has 3 heteroatoms. The van der Waals surface area contributed by atoms with E-state index in [9.17, 15) is 0 Å². The summed E-state index contributed by atoms with van der Waals surface area (Å²) in [5, 5.41) is 0. The highest BCUT2D eigenvalue weighted by Gasteiger charge is 2.06. The monoisotopic (exact) mass is 284 g/mol. The van der Waals surface area contributed by atoms with Gasteiger partial charge in [-0.25, -0.2) is 5.43 Å². The van der Waals surface area contributed by atoms with E-state index in [4.69, 9.17) is 4.74 Å². The van der Waals surface area contributed by atoms with Crippen LogP contribution in [0.2, 0.25) is 0 Å². The number of benzene rings is 2. The molecule has 0 saturated carbocycles. The average Bonchev–Trinajstić information content (AvgIpc) is 2.48. The van der Waals surface area contributed by atoms with E-state index in [1.165, 1.54) is 16.7 Å². The molecule has 0 aliphatic heterocycles. The van der Waals surface area contributed by atoms with Crippen LogP contribution in [0.15, 0.2) is 42.5 Å². The van der Waals surface area contributed by atoms with Crippen LogP contribution in [0.5, 0.6) is 5.75 Å². The number of hydrazine groups is 1. The van der Waals surface area contributed by atoms with Gasteiger partial charge < -0.3 is 10.2 Å². The second-order valence-electron chi connectivity index (χ2n) is 5.25. The summed E-state index contributed by atoms with van der Waals surface area (Å²) in [4.78, 5) is 0. The lowest BCUT2D eigenvalue weighted by Gasteiger charge is -2.14. The van der Waals surface area contributed by atoms with Gasteiger partial charge >= 0.3 is 0 Å². The van der Waals surface area contributed by atoms with E-state index in [0.29, 0.717) is 0 Å². The molecule has 0 fully saturated rings. The predicted octanol–water partition coefficient (Wildman–Crippen LogP) is 4.21. The molecule has 0 unspecified atom stereocenters. The standard InChI is InChI=1S/C18H24N2O/c1-4-10-21-18-14(2)11-16(12-15(18)3)13-19-20-17-8-6-5-7-9-17/h5-9,11-12,19-20H,4,10,13H2,1-3H3. The molecule has 2 rings (SSSR count). The van der Waals surface area contributed by atoms with E-state index < -0.39 is 0 Å². The van der Waals surface area contributed by atoms with Gasteiger partial charge in [0.1, 0.15) is 5.75 Å². The van der Waals surface area contributed by atoms with Gasteiger partial charge in [-0.1, -0.05) is 37.3 Å². The zero-order chi connectivity index (χ0) is 15.1. The summed E-state index contributed by atoms with van der Waals surface area (Å²) in [5.74, 6) is 1.02. The summed E-state index contributed by atoms with van der Waals surface area (Å²) in [5.41, 5.74) is 11.1. The fourth-order valence-electron chi connectivity index (χ4n) is 2.34. The first-order chi connectivity index (χ1) is 10.2. The molecule has 0 radical (unpaired) electrons. The molecule has 2 aromatic rings. The van der Waals surface area contributed by atoms with Crippen molar-refractivity contribution in [3.63, 3.8) is 0 Å². The number of hydrogen-bond acceptors (Lipinski definition) is 3. The van der Waals surface area contributed by atoms with Crippen LogP contribution in [-0.4, -0.2) is 6.61 Å². The summed E-state index contributed by atoms with van der Waals surface area (Å²) in [6.07, 6.45) is 1.03. The fraction of sp³-hybridized carbons (Fsp3) is 0.333. The molecule has 0 saturated heterocycles. The molecule has 21 heavy (non-hydrogen) atoms. The first kappa shape index (κ1) is 15.4. The molecule has 0 aliphatic carbocycles. The Balaban J connectivity index is 1.95. The molecule has 0 heterocycles. The number of anilines is 1. The van der Waals surface area contributed by atoms with Crippen LogP contribution in [0, 0.1) is 13.8 Å². The van der Waals surface area contributed by atoms with Gasteiger partial charge in [0.05, 0.1) is 6.61 Å². The van der Waals surface area contributed by atoms with Crippen LogP contribution in [-0.2, 0) is 6.54 Å². The van der Waals surface area contributed by atoms with Gasteiger partial charge in [0.15, 0.2) is 0 Å². The maximum Gasteiger partial charge on any atom is 0.125 e. The SMILES string of the molecule is CCCOc1c(C)cc(CNNc2ccccc2)cc1C. The van der Waals surface area contributed by atoms with Crippen LogP contribution in [0.4, 0.5) is 5.69 Å². The van der Waals surface area contributed by atoms with Gasteiger partial charge in [0.25, 0.3) is 0 Å². The van der Waals surface area contributed by atoms with Crippen LogP contribution >= 0.6 is 0 Å². The predicted molar refractivity (Wildman–Crippen MR) is 88.6 cm³/mol. The third kappa shape index (κ3) is 4.50. The molecule has 0 bridgehead atoms. The van der Waals surface area contributed by atoms with Gasteiger partial charge in [-0.3, -0.25) is 0 Å². The molecule has 0 aromatic heterocycles. The molecule has 3 nitrogen and oxygen atoms in total. The summed E-state index contributed by atoms with van der Waals surface area (Å²) < 4.78 is 5.81. The van der Waals surface area contributed by atoms with Crippen molar-refractivity contribution in [1.82, 2.24) is 5.43 Å². The smallest absolute Gasteiger partial charge is 0.125 e. The zero-order valence-corrected chi connectivity index (χ0v) is 13.1. The maximum absolute atomic E-state index is 5.81. The van der Waals surface area contributed by atoms with E-state index in [-0.39, 0.29) is 0 Å². The molecule has 0 amide bonds. The van der Waals surface area contributed by atoms with Gasteiger partial charge in [-0.15, -0.1) is 0 Å². The second kappa shape index (κ2) is 7.70. The Morgan fingerprint density at radius 3 is 2.29 bits per heavy atom. The largest absolute Gasteiger partial charge is 0.493 e. The highest BCUT2D eigenvalue weighted by Crippen LogP contribution is 2.25. The van der Waals surface area contributed by atoms with E-state index in [0.717, 1.165) is 31.0 Å². The molecule has 112 valence electrons. The van der Waals surface area contributed by atoms with Gasteiger partial charge in [0, 0.05) is 12.2 Å². The zero-order valence-electron chi connectivity index (χ0n) is 13.1. The van der Waals surface area contributed by atoms with E-state index >= 15 is 0 Å². The van der Waals surface area contributed by atoms with Crippen molar-refractivity contribution in [2.45, 2.75) is 33.7 Å². The van der Waals surface area contributed by atoms with Crippen molar-refractivity contribution in [2.24, 2.45) is 0 Å². The van der Waals surface area contributed by atoms with Crippen LogP contribution in [0.3, 0.4) is 0 Å². The lowest BCUT2D eigenvalue weighted by atomic mass is 10.1. The normalized spacial score (nSPS) is 10.4. The number of nitrogens with one attached hydrogen (secondary N) is 2. The topological polar surface area (TPSA) is 33.3 Å². The first-order valence-electron chi connectivity index (χ1n) is 7.47. The summed E-state index contributed by atoms with van der Waals surface area (Å²) >= 11 is 0. The lowest BCUT2D eigenvalue weighted by Crippen LogP contribution is -2.20. The Bertz CT molecular complexity index is 544. The molecular weight excluding hydrogens is 260 g/mol. The fourth-order valence-corrected chi connectivity index (χ4v) is 2.34. The highest BCUT2D eigenvalue weighted by molar-refractivity contribution is 5.44. The molecule has 0 aliphatic rings. The third-order valence-corrected chi connectivity index (χ3v) is 3.27. The number of para-hydroxylation sites is 1.